The number of nitrogens with zero attached hydrogens (tertiary/aromatic N) is 1. The first-order valence-electron chi connectivity index (χ1n) is 9.47. The predicted molar refractivity (Wildman–Crippen MR) is 107 cm³/mol. The molecule has 2 aliphatic rings. The maximum Gasteiger partial charge on any atom is 0.228 e. The van der Waals surface area contributed by atoms with Crippen LogP contribution in [0.15, 0.2) is 24.3 Å². The summed E-state index contributed by atoms with van der Waals surface area (Å²) >= 11 is 0. The fourth-order valence-electron chi connectivity index (χ4n) is 3.94. The summed E-state index contributed by atoms with van der Waals surface area (Å²) in [4.78, 5) is 26.7. The number of benzene rings is 1. The molecule has 1 aromatic rings. The number of amides is 2. The minimum atomic E-state index is -0.445. The lowest BCUT2D eigenvalue weighted by Crippen LogP contribution is -2.50. The van der Waals surface area contributed by atoms with Gasteiger partial charge in [0.25, 0.3) is 0 Å². The summed E-state index contributed by atoms with van der Waals surface area (Å²) in [6, 6.07) is 8.04. The number of ether oxygens (including phenoxy) is 1. The average molecular weight is 396 g/mol. The first kappa shape index (κ1) is 21.7. The molecule has 6 nitrogen and oxygen atoms in total. The SMILES string of the molecule is COCC1(C(=O)NCc2ccccc2CN2CCCC2=O)CCNCC1.Cl. The highest BCUT2D eigenvalue weighted by atomic mass is 35.5. The zero-order valence-electron chi connectivity index (χ0n) is 16.0. The molecule has 0 radical (unpaired) electrons. The van der Waals surface area contributed by atoms with Crippen LogP contribution in [-0.4, -0.2) is 50.1 Å². The third-order valence-electron chi connectivity index (χ3n) is 5.55. The number of hydrogen-bond donors (Lipinski definition) is 2. The molecule has 0 saturated carbocycles. The van der Waals surface area contributed by atoms with Crippen molar-refractivity contribution in [3.05, 3.63) is 35.4 Å². The van der Waals surface area contributed by atoms with Crippen molar-refractivity contribution in [2.24, 2.45) is 5.41 Å². The summed E-state index contributed by atoms with van der Waals surface area (Å²) in [7, 11) is 1.65. The Morgan fingerprint density at radius 3 is 2.59 bits per heavy atom. The summed E-state index contributed by atoms with van der Waals surface area (Å²) in [5, 5.41) is 6.43. The fraction of sp³-hybridized carbons (Fsp3) is 0.600. The van der Waals surface area contributed by atoms with Gasteiger partial charge in [-0.05, 0) is 43.5 Å². The number of methoxy groups -OCH3 is 1. The van der Waals surface area contributed by atoms with E-state index in [-0.39, 0.29) is 24.2 Å². The Morgan fingerprint density at radius 2 is 1.96 bits per heavy atom. The van der Waals surface area contributed by atoms with Gasteiger partial charge in [0.05, 0.1) is 12.0 Å². The molecule has 2 N–H and O–H groups in total. The van der Waals surface area contributed by atoms with Crippen LogP contribution in [-0.2, 0) is 27.4 Å². The number of carbonyl (C=O) groups excluding carboxylic acids is 2. The number of carbonyl (C=O) groups is 2. The maximum atomic E-state index is 12.9. The highest BCUT2D eigenvalue weighted by Crippen LogP contribution is 2.29. The van der Waals surface area contributed by atoms with Gasteiger partial charge in [0.15, 0.2) is 0 Å². The van der Waals surface area contributed by atoms with E-state index in [1.807, 2.05) is 29.2 Å². The van der Waals surface area contributed by atoms with Gasteiger partial charge in [-0.25, -0.2) is 0 Å². The smallest absolute Gasteiger partial charge is 0.228 e. The van der Waals surface area contributed by atoms with Crippen LogP contribution in [0.4, 0.5) is 0 Å². The molecule has 150 valence electrons. The summed E-state index contributed by atoms with van der Waals surface area (Å²) in [6.07, 6.45) is 3.16. The molecule has 2 fully saturated rings. The van der Waals surface area contributed by atoms with Gasteiger partial charge < -0.3 is 20.3 Å². The van der Waals surface area contributed by atoms with E-state index in [1.54, 1.807) is 7.11 Å². The molecule has 0 aromatic heterocycles. The van der Waals surface area contributed by atoms with Crippen LogP contribution >= 0.6 is 12.4 Å². The van der Waals surface area contributed by atoms with E-state index in [9.17, 15) is 9.59 Å². The van der Waals surface area contributed by atoms with Crippen LogP contribution in [0.25, 0.3) is 0 Å². The quantitative estimate of drug-likeness (QED) is 0.739. The summed E-state index contributed by atoms with van der Waals surface area (Å²) < 4.78 is 5.35. The van der Waals surface area contributed by atoms with Gasteiger partial charge in [-0.2, -0.15) is 0 Å². The highest BCUT2D eigenvalue weighted by Gasteiger charge is 2.39. The third kappa shape index (κ3) is 5.21. The number of piperidine rings is 1. The number of likely N-dealkylation sites (tertiary alicyclic amines) is 1. The van der Waals surface area contributed by atoms with Gasteiger partial charge in [-0.3, -0.25) is 9.59 Å². The number of nitrogens with one attached hydrogen (secondary N) is 2. The van der Waals surface area contributed by atoms with Crippen molar-refractivity contribution in [1.29, 1.82) is 0 Å². The van der Waals surface area contributed by atoms with Crippen LogP contribution < -0.4 is 10.6 Å². The van der Waals surface area contributed by atoms with Crippen LogP contribution in [0.3, 0.4) is 0 Å². The Bertz CT molecular complexity index is 642. The molecule has 7 heteroatoms. The van der Waals surface area contributed by atoms with Crippen LogP contribution in [0.2, 0.25) is 0 Å². The van der Waals surface area contributed by atoms with Crippen molar-refractivity contribution >= 4 is 24.2 Å². The normalized spacial score (nSPS) is 18.9. The Labute approximate surface area is 167 Å². The topological polar surface area (TPSA) is 70.7 Å². The first-order valence-corrected chi connectivity index (χ1v) is 9.47. The molecule has 3 rings (SSSR count). The monoisotopic (exact) mass is 395 g/mol. The van der Waals surface area contributed by atoms with Crippen LogP contribution in [0.1, 0.15) is 36.8 Å². The molecule has 0 spiro atoms. The average Bonchev–Trinajstić information content (AvgIpc) is 3.06. The van der Waals surface area contributed by atoms with Crippen molar-refractivity contribution in [2.45, 2.75) is 38.8 Å². The van der Waals surface area contributed by atoms with E-state index in [0.29, 0.717) is 26.1 Å². The molecule has 1 aromatic carbocycles. The van der Waals surface area contributed by atoms with E-state index in [2.05, 4.69) is 10.6 Å². The lowest BCUT2D eigenvalue weighted by atomic mass is 9.78. The van der Waals surface area contributed by atoms with E-state index in [1.165, 1.54) is 0 Å². The Kier molecular flexibility index (Phi) is 8.07. The van der Waals surface area contributed by atoms with Crippen molar-refractivity contribution in [1.82, 2.24) is 15.5 Å². The molecule has 0 unspecified atom stereocenters. The molecule has 27 heavy (non-hydrogen) atoms. The van der Waals surface area contributed by atoms with Crippen LogP contribution in [0, 0.1) is 5.41 Å². The molecule has 2 saturated heterocycles. The van der Waals surface area contributed by atoms with Crippen molar-refractivity contribution in [3.63, 3.8) is 0 Å². The van der Waals surface area contributed by atoms with Crippen molar-refractivity contribution in [3.8, 4) is 0 Å². The Hall–Kier alpha value is -1.63. The standard InChI is InChI=1S/C20H29N3O3.ClH/c1-26-15-20(8-10-21-11-9-20)19(25)22-13-16-5-2-3-6-17(16)14-23-12-4-7-18(23)24;/h2-3,5-6,21H,4,7-15H2,1H3,(H,22,25);1H. The van der Waals surface area contributed by atoms with E-state index < -0.39 is 5.41 Å². The van der Waals surface area contributed by atoms with Crippen molar-refractivity contribution < 1.29 is 14.3 Å². The second-order valence-corrected chi connectivity index (χ2v) is 7.33. The molecular weight excluding hydrogens is 366 g/mol. The third-order valence-corrected chi connectivity index (χ3v) is 5.55. The van der Waals surface area contributed by atoms with Gasteiger partial charge in [-0.15, -0.1) is 12.4 Å². The zero-order chi connectivity index (χ0) is 18.4. The molecule has 0 atom stereocenters. The molecule has 2 amide bonds. The summed E-state index contributed by atoms with van der Waals surface area (Å²) in [6.45, 7) is 4.05. The zero-order valence-corrected chi connectivity index (χ0v) is 16.8. The van der Waals surface area contributed by atoms with Crippen LogP contribution in [0.5, 0.6) is 0 Å². The summed E-state index contributed by atoms with van der Waals surface area (Å²) in [5.74, 6) is 0.283. The van der Waals surface area contributed by atoms with Gasteiger partial charge in [0.1, 0.15) is 0 Å². The first-order chi connectivity index (χ1) is 12.6. The number of rotatable bonds is 7. The minimum Gasteiger partial charge on any atom is -0.384 e. The highest BCUT2D eigenvalue weighted by molar-refractivity contribution is 5.85. The Morgan fingerprint density at radius 1 is 1.26 bits per heavy atom. The molecule has 0 aliphatic carbocycles. The molecule has 2 heterocycles. The molecule has 0 bridgehead atoms. The largest absolute Gasteiger partial charge is 0.384 e. The fourth-order valence-corrected chi connectivity index (χ4v) is 3.94. The van der Waals surface area contributed by atoms with Gasteiger partial charge in [0.2, 0.25) is 11.8 Å². The number of hydrogen-bond acceptors (Lipinski definition) is 4. The van der Waals surface area contributed by atoms with E-state index in [0.717, 1.165) is 50.0 Å². The molecular formula is C20H30ClN3O3. The van der Waals surface area contributed by atoms with Gasteiger partial charge >= 0.3 is 0 Å². The minimum absolute atomic E-state index is 0. The van der Waals surface area contributed by atoms with Crippen molar-refractivity contribution in [2.75, 3.05) is 33.4 Å². The van der Waals surface area contributed by atoms with E-state index in [4.69, 9.17) is 4.74 Å². The lowest BCUT2D eigenvalue weighted by Gasteiger charge is -2.35. The predicted octanol–water partition coefficient (Wildman–Crippen LogP) is 1.86. The molecule has 2 aliphatic heterocycles. The maximum absolute atomic E-state index is 12.9. The summed E-state index contributed by atoms with van der Waals surface area (Å²) in [5.41, 5.74) is 1.73. The van der Waals surface area contributed by atoms with E-state index >= 15 is 0 Å². The lowest BCUT2D eigenvalue weighted by molar-refractivity contribution is -0.136. The Balaban J connectivity index is 0.00000261. The number of halogens is 1. The van der Waals surface area contributed by atoms with Gasteiger partial charge in [0, 0.05) is 33.2 Å². The second-order valence-electron chi connectivity index (χ2n) is 7.33. The van der Waals surface area contributed by atoms with Gasteiger partial charge in [-0.1, -0.05) is 24.3 Å². The second kappa shape index (κ2) is 10.1.